The van der Waals surface area contributed by atoms with Crippen LogP contribution in [-0.4, -0.2) is 17.8 Å². The molecule has 0 saturated heterocycles. The maximum atomic E-state index is 12.8. The van der Waals surface area contributed by atoms with Crippen molar-refractivity contribution >= 4 is 27.9 Å². The highest BCUT2D eigenvalue weighted by molar-refractivity contribution is 7.17. The van der Waals surface area contributed by atoms with Crippen LogP contribution in [0.5, 0.6) is 0 Å². The van der Waals surface area contributed by atoms with E-state index in [1.165, 1.54) is 30.4 Å². The van der Waals surface area contributed by atoms with Crippen molar-refractivity contribution in [1.82, 2.24) is 4.98 Å². The molecule has 3 nitrogen and oxygen atoms in total. The maximum absolute atomic E-state index is 12.8. The molecule has 2 rings (SSSR count). The van der Waals surface area contributed by atoms with E-state index >= 15 is 0 Å². The van der Waals surface area contributed by atoms with Crippen LogP contribution in [0.3, 0.4) is 0 Å². The third-order valence-corrected chi connectivity index (χ3v) is 3.52. The highest BCUT2D eigenvalue weighted by Crippen LogP contribution is 2.28. The molecule has 0 fully saturated rings. The molecule has 0 amide bonds. The van der Waals surface area contributed by atoms with E-state index in [0.29, 0.717) is 10.0 Å². The molecule has 0 bridgehead atoms. The van der Waals surface area contributed by atoms with Crippen LogP contribution >= 0.6 is 11.3 Å². The van der Waals surface area contributed by atoms with Gasteiger partial charge in [-0.3, -0.25) is 4.79 Å². The summed E-state index contributed by atoms with van der Waals surface area (Å²) in [5.41, 5.74) is 0.829. The molecule has 1 heterocycles. The Morgan fingerprint density at radius 1 is 1.35 bits per heavy atom. The Morgan fingerprint density at radius 3 is 2.53 bits per heavy atom. The number of benzene rings is 1. The monoisotopic (exact) mass is 250 g/mol. The molecule has 2 aromatic rings. The number of carbonyl (C=O) groups is 1. The van der Waals surface area contributed by atoms with Crippen LogP contribution < -0.4 is 4.90 Å². The minimum atomic E-state index is -0.272. The lowest BCUT2D eigenvalue weighted by Crippen LogP contribution is -2.08. The molecule has 0 N–H and O–H groups in total. The maximum Gasteiger partial charge on any atom is 0.190 e. The van der Waals surface area contributed by atoms with Crippen molar-refractivity contribution in [2.24, 2.45) is 0 Å². The fourth-order valence-corrected chi connectivity index (χ4v) is 2.15. The lowest BCUT2D eigenvalue weighted by atomic mass is 10.3. The summed E-state index contributed by atoms with van der Waals surface area (Å²) in [6, 6.07) is 6.13. The zero-order valence-corrected chi connectivity index (χ0v) is 10.3. The first-order valence-electron chi connectivity index (χ1n) is 5.04. The number of thiazole rings is 1. The van der Waals surface area contributed by atoms with Gasteiger partial charge in [0.1, 0.15) is 5.82 Å². The van der Waals surface area contributed by atoms with Crippen molar-refractivity contribution in [3.63, 3.8) is 0 Å². The summed E-state index contributed by atoms with van der Waals surface area (Å²) in [6.45, 7) is 1.51. The minimum absolute atomic E-state index is 0.00116. The first-order valence-corrected chi connectivity index (χ1v) is 5.85. The Kier molecular flexibility index (Phi) is 3.19. The van der Waals surface area contributed by atoms with E-state index in [-0.39, 0.29) is 11.6 Å². The van der Waals surface area contributed by atoms with Crippen molar-refractivity contribution in [3.05, 3.63) is 41.2 Å². The Bertz CT molecular complexity index is 536. The summed E-state index contributed by atoms with van der Waals surface area (Å²) < 4.78 is 12.8. The molecule has 0 radical (unpaired) electrons. The van der Waals surface area contributed by atoms with Crippen LogP contribution in [-0.2, 0) is 0 Å². The van der Waals surface area contributed by atoms with Gasteiger partial charge in [-0.1, -0.05) is 11.3 Å². The number of anilines is 2. The molecule has 0 aliphatic carbocycles. The topological polar surface area (TPSA) is 33.2 Å². The number of rotatable bonds is 3. The summed E-state index contributed by atoms with van der Waals surface area (Å²) in [5.74, 6) is -0.271. The Morgan fingerprint density at radius 2 is 2.00 bits per heavy atom. The Labute approximate surface area is 103 Å². The Balaban J connectivity index is 2.27. The summed E-state index contributed by atoms with van der Waals surface area (Å²) in [5, 5.41) is 0.710. The second kappa shape index (κ2) is 4.63. The second-order valence-corrected chi connectivity index (χ2v) is 4.61. The second-order valence-electron chi connectivity index (χ2n) is 3.60. The fourth-order valence-electron chi connectivity index (χ4n) is 1.36. The van der Waals surface area contributed by atoms with Crippen LogP contribution in [0.1, 0.15) is 16.6 Å². The highest BCUT2D eigenvalue weighted by atomic mass is 32.1. The molecule has 5 heteroatoms. The minimum Gasteiger partial charge on any atom is -0.321 e. The predicted molar refractivity (Wildman–Crippen MR) is 66.6 cm³/mol. The van der Waals surface area contributed by atoms with Crippen molar-refractivity contribution in [1.29, 1.82) is 0 Å². The number of hydrogen-bond acceptors (Lipinski definition) is 4. The number of nitrogens with zero attached hydrogens (tertiary/aromatic N) is 2. The van der Waals surface area contributed by atoms with Crippen LogP contribution in [0.4, 0.5) is 15.2 Å². The number of halogens is 1. The quantitative estimate of drug-likeness (QED) is 0.784. The molecular formula is C12H11FN2OS. The lowest BCUT2D eigenvalue weighted by molar-refractivity contribution is 0.102. The molecule has 0 aliphatic rings. The summed E-state index contributed by atoms with van der Waals surface area (Å²) in [7, 11) is 1.83. The third kappa shape index (κ3) is 2.50. The lowest BCUT2D eigenvalue weighted by Gasteiger charge is -2.15. The van der Waals surface area contributed by atoms with Gasteiger partial charge in [-0.15, -0.1) is 0 Å². The molecular weight excluding hydrogens is 239 g/mol. The predicted octanol–water partition coefficient (Wildman–Crippen LogP) is 3.25. The molecule has 0 aliphatic heterocycles. The molecule has 1 aromatic carbocycles. The van der Waals surface area contributed by atoms with Gasteiger partial charge in [0.05, 0.1) is 11.1 Å². The van der Waals surface area contributed by atoms with Crippen LogP contribution in [0.15, 0.2) is 30.5 Å². The summed E-state index contributed by atoms with van der Waals surface area (Å²) >= 11 is 1.32. The highest BCUT2D eigenvalue weighted by Gasteiger charge is 2.11. The molecule has 0 saturated carbocycles. The van der Waals surface area contributed by atoms with E-state index in [9.17, 15) is 9.18 Å². The third-order valence-electron chi connectivity index (χ3n) is 2.34. The molecule has 0 unspecified atom stereocenters. The van der Waals surface area contributed by atoms with Gasteiger partial charge in [-0.2, -0.15) is 0 Å². The molecule has 88 valence electrons. The largest absolute Gasteiger partial charge is 0.321 e. The van der Waals surface area contributed by atoms with E-state index in [0.717, 1.165) is 5.69 Å². The van der Waals surface area contributed by atoms with E-state index in [1.807, 2.05) is 11.9 Å². The number of carbonyl (C=O) groups excluding carboxylic acids is 1. The smallest absolute Gasteiger partial charge is 0.190 e. The van der Waals surface area contributed by atoms with Gasteiger partial charge < -0.3 is 4.90 Å². The van der Waals surface area contributed by atoms with E-state index in [4.69, 9.17) is 0 Å². The SMILES string of the molecule is CC(=O)c1cnc(N(C)c2ccc(F)cc2)s1. The van der Waals surface area contributed by atoms with Gasteiger partial charge in [-0.05, 0) is 24.3 Å². The summed E-state index contributed by atoms with van der Waals surface area (Å²) in [6.07, 6.45) is 1.56. The van der Waals surface area contributed by atoms with Gasteiger partial charge in [0, 0.05) is 19.7 Å². The van der Waals surface area contributed by atoms with Crippen molar-refractivity contribution in [2.45, 2.75) is 6.92 Å². The first kappa shape index (κ1) is 11.7. The van der Waals surface area contributed by atoms with Gasteiger partial charge in [0.25, 0.3) is 0 Å². The zero-order valence-electron chi connectivity index (χ0n) is 9.48. The molecule has 0 spiro atoms. The van der Waals surface area contributed by atoms with Crippen molar-refractivity contribution in [2.75, 3.05) is 11.9 Å². The molecule has 17 heavy (non-hydrogen) atoms. The molecule has 1 aromatic heterocycles. The average molecular weight is 250 g/mol. The number of aromatic nitrogens is 1. The van der Waals surface area contributed by atoms with E-state index < -0.39 is 0 Å². The van der Waals surface area contributed by atoms with Gasteiger partial charge >= 0.3 is 0 Å². The van der Waals surface area contributed by atoms with Crippen LogP contribution in [0.2, 0.25) is 0 Å². The number of hydrogen-bond donors (Lipinski definition) is 0. The number of Topliss-reactive ketones (excluding diaryl/α,β-unsaturated/α-hetero) is 1. The van der Waals surface area contributed by atoms with Crippen molar-refractivity contribution in [3.8, 4) is 0 Å². The van der Waals surface area contributed by atoms with Crippen LogP contribution in [0, 0.1) is 5.82 Å². The van der Waals surface area contributed by atoms with Gasteiger partial charge in [0.15, 0.2) is 10.9 Å². The zero-order chi connectivity index (χ0) is 12.4. The normalized spacial score (nSPS) is 10.3. The summed E-state index contributed by atoms with van der Waals surface area (Å²) in [4.78, 5) is 17.8. The average Bonchev–Trinajstić information content (AvgIpc) is 2.78. The van der Waals surface area contributed by atoms with Crippen molar-refractivity contribution < 1.29 is 9.18 Å². The standard InChI is InChI=1S/C12H11FN2OS/c1-8(16)11-7-14-12(17-11)15(2)10-5-3-9(13)4-6-10/h3-7H,1-2H3. The molecule has 0 atom stereocenters. The van der Waals surface area contributed by atoms with E-state index in [1.54, 1.807) is 18.3 Å². The van der Waals surface area contributed by atoms with E-state index in [2.05, 4.69) is 4.98 Å². The number of ketones is 1. The van der Waals surface area contributed by atoms with Crippen LogP contribution in [0.25, 0.3) is 0 Å². The Hall–Kier alpha value is -1.75. The van der Waals surface area contributed by atoms with Gasteiger partial charge in [0.2, 0.25) is 0 Å². The fraction of sp³-hybridized carbons (Fsp3) is 0.167. The van der Waals surface area contributed by atoms with Gasteiger partial charge in [-0.25, -0.2) is 9.37 Å². The first-order chi connectivity index (χ1) is 8.08.